The molecule has 4 aliphatic carbocycles. The van der Waals surface area contributed by atoms with Crippen LogP contribution in [-0.2, 0) is 19.2 Å². The lowest BCUT2D eigenvalue weighted by atomic mass is 9.44. The Balaban J connectivity index is 1.26. The number of hydrogen-bond donors (Lipinski definition) is 2. The zero-order chi connectivity index (χ0) is 31.9. The number of allylic oxidation sites excluding steroid dienone is 4. The number of hydroxylamine groups is 1. The second-order valence-electron chi connectivity index (χ2n) is 13.9. The summed E-state index contributed by atoms with van der Waals surface area (Å²) in [5, 5.41) is 17.1. The van der Waals surface area contributed by atoms with E-state index in [2.05, 4.69) is 5.32 Å². The predicted octanol–water partition coefficient (Wildman–Crippen LogP) is 3.99. The van der Waals surface area contributed by atoms with Gasteiger partial charge in [0.1, 0.15) is 6.17 Å². The number of hydrogen-bond acceptors (Lipinski definition) is 8. The van der Waals surface area contributed by atoms with E-state index in [1.54, 1.807) is 36.3 Å². The molecule has 2 saturated heterocycles. The van der Waals surface area contributed by atoms with Crippen LogP contribution in [0.2, 0.25) is 5.02 Å². The van der Waals surface area contributed by atoms with Gasteiger partial charge in [-0.3, -0.25) is 19.5 Å². The molecule has 2 heterocycles. The van der Waals surface area contributed by atoms with Gasteiger partial charge in [-0.15, -0.1) is 0 Å². The number of ether oxygens (including phenoxy) is 1. The van der Waals surface area contributed by atoms with Crippen molar-refractivity contribution in [2.45, 2.75) is 56.7 Å². The SMILES string of the molecule is C[C@]12C=CC(=O)C=C1[C@@H](F)C[C@H]1[C@@H]3C[C@H]4CN(c5ccc(Cl)cc5)O[C@@]4(C(=O)COC(=O)N4CCNCC4)[C@@]3(C)C[C@H](O)[C@@]12F. The van der Waals surface area contributed by atoms with Crippen molar-refractivity contribution < 1.29 is 37.8 Å². The molecule has 6 aliphatic rings. The minimum absolute atomic E-state index is 0.0466. The maximum Gasteiger partial charge on any atom is 0.410 e. The van der Waals surface area contributed by atoms with Crippen molar-refractivity contribution in [3.63, 3.8) is 0 Å². The van der Waals surface area contributed by atoms with Crippen molar-refractivity contribution in [3.05, 3.63) is 53.1 Å². The summed E-state index contributed by atoms with van der Waals surface area (Å²) < 4.78 is 39.2. The van der Waals surface area contributed by atoms with Crippen LogP contribution in [-0.4, -0.2) is 90.5 Å². The Morgan fingerprint density at radius 2 is 1.87 bits per heavy atom. The average molecular weight is 646 g/mol. The van der Waals surface area contributed by atoms with Crippen LogP contribution in [0.5, 0.6) is 0 Å². The first-order chi connectivity index (χ1) is 21.3. The number of nitrogens with one attached hydrogen (secondary N) is 1. The zero-order valence-corrected chi connectivity index (χ0v) is 26.1. The van der Waals surface area contributed by atoms with Crippen molar-refractivity contribution >= 4 is 34.9 Å². The van der Waals surface area contributed by atoms with E-state index in [0.29, 0.717) is 43.3 Å². The summed E-state index contributed by atoms with van der Waals surface area (Å²) in [6.45, 7) is 5.24. The van der Waals surface area contributed by atoms with Gasteiger partial charge >= 0.3 is 6.09 Å². The summed E-state index contributed by atoms with van der Waals surface area (Å²) in [6, 6.07) is 6.97. The maximum atomic E-state index is 17.7. The number of halogens is 3. The van der Waals surface area contributed by atoms with Crippen molar-refractivity contribution in [1.82, 2.24) is 10.2 Å². The Hall–Kier alpha value is -2.86. The second kappa shape index (κ2) is 10.6. The summed E-state index contributed by atoms with van der Waals surface area (Å²) in [5.41, 5.74) is -5.82. The number of rotatable bonds is 4. The number of ketones is 2. The van der Waals surface area contributed by atoms with E-state index in [-0.39, 0.29) is 25.0 Å². The Morgan fingerprint density at radius 3 is 2.58 bits per heavy atom. The average Bonchev–Trinajstić information content (AvgIpc) is 3.52. The van der Waals surface area contributed by atoms with E-state index in [1.165, 1.54) is 17.1 Å². The van der Waals surface area contributed by atoms with E-state index >= 15 is 8.78 Å². The molecular weight excluding hydrogens is 608 g/mol. The van der Waals surface area contributed by atoms with Gasteiger partial charge < -0.3 is 20.1 Å². The molecule has 5 fully saturated rings. The molecular formula is C33H38ClF2N3O6. The van der Waals surface area contributed by atoms with E-state index in [1.807, 2.05) is 6.92 Å². The summed E-state index contributed by atoms with van der Waals surface area (Å²) in [7, 11) is 0. The van der Waals surface area contributed by atoms with Gasteiger partial charge in [-0.05, 0) is 74.1 Å². The highest BCUT2D eigenvalue weighted by atomic mass is 35.5. The fourth-order valence-corrected chi connectivity index (χ4v) is 9.81. The minimum atomic E-state index is -2.28. The number of benzene rings is 1. The number of carbonyl (C=O) groups is 3. The lowest BCUT2D eigenvalue weighted by molar-refractivity contribution is -0.228. The van der Waals surface area contributed by atoms with Gasteiger partial charge in [0.05, 0.1) is 18.3 Å². The van der Waals surface area contributed by atoms with Gasteiger partial charge in [0.2, 0.25) is 5.78 Å². The third kappa shape index (κ3) is 4.22. The van der Waals surface area contributed by atoms with Crippen LogP contribution in [0.25, 0.3) is 0 Å². The first kappa shape index (κ1) is 30.8. The van der Waals surface area contributed by atoms with Gasteiger partial charge in [0, 0.05) is 53.9 Å². The number of Topliss-reactive ketones (excluding diaryl/α,β-unsaturated/α-hetero) is 1. The Kier molecular flexibility index (Phi) is 7.24. The highest BCUT2D eigenvalue weighted by molar-refractivity contribution is 6.30. The number of piperazine rings is 1. The third-order valence-corrected chi connectivity index (χ3v) is 12.1. The fourth-order valence-electron chi connectivity index (χ4n) is 9.68. The van der Waals surface area contributed by atoms with Gasteiger partial charge in [-0.2, -0.15) is 0 Å². The van der Waals surface area contributed by atoms with Crippen LogP contribution < -0.4 is 10.4 Å². The van der Waals surface area contributed by atoms with Crippen LogP contribution in [0.4, 0.5) is 19.3 Å². The molecule has 1 amide bonds. The summed E-state index contributed by atoms with van der Waals surface area (Å²) in [4.78, 5) is 47.8. The maximum absolute atomic E-state index is 17.7. The van der Waals surface area contributed by atoms with E-state index in [9.17, 15) is 19.5 Å². The summed E-state index contributed by atoms with van der Waals surface area (Å²) >= 11 is 6.12. The molecule has 7 rings (SSSR count). The van der Waals surface area contributed by atoms with E-state index < -0.39 is 76.4 Å². The monoisotopic (exact) mass is 645 g/mol. The molecule has 0 radical (unpaired) electrons. The second-order valence-corrected chi connectivity index (χ2v) is 14.3. The summed E-state index contributed by atoms with van der Waals surface area (Å²) in [6.07, 6.45) is -0.0122. The van der Waals surface area contributed by atoms with E-state index in [0.717, 1.165) is 6.08 Å². The molecule has 1 aromatic rings. The Bertz CT molecular complexity index is 1480. The molecule has 0 unspecified atom stereocenters. The number of amides is 1. The van der Waals surface area contributed by atoms with Crippen molar-refractivity contribution in [2.24, 2.45) is 28.6 Å². The molecule has 0 bridgehead atoms. The molecule has 12 heteroatoms. The number of nitrogens with zero attached hydrogens (tertiary/aromatic N) is 2. The third-order valence-electron chi connectivity index (χ3n) is 11.9. The molecule has 9 nitrogen and oxygen atoms in total. The lowest BCUT2D eigenvalue weighted by Gasteiger charge is -2.63. The molecule has 45 heavy (non-hydrogen) atoms. The number of anilines is 1. The molecule has 3 saturated carbocycles. The molecule has 2 N–H and O–H groups in total. The smallest absolute Gasteiger partial charge is 0.410 e. The Labute approximate surface area is 265 Å². The lowest BCUT2D eigenvalue weighted by Crippen LogP contribution is -2.70. The molecule has 1 aromatic carbocycles. The van der Waals surface area contributed by atoms with Crippen molar-refractivity contribution in [3.8, 4) is 0 Å². The van der Waals surface area contributed by atoms with Gasteiger partial charge in [-0.1, -0.05) is 24.6 Å². The molecule has 0 aromatic heterocycles. The number of alkyl halides is 2. The van der Waals surface area contributed by atoms with Crippen molar-refractivity contribution in [2.75, 3.05) is 44.4 Å². The normalized spacial score (nSPS) is 42.0. The van der Waals surface area contributed by atoms with Gasteiger partial charge in [-0.25, -0.2) is 13.6 Å². The predicted molar refractivity (Wildman–Crippen MR) is 161 cm³/mol. The van der Waals surface area contributed by atoms with Crippen LogP contribution in [0.1, 0.15) is 33.1 Å². The standard InChI is InChI=1S/C33H38ClF2N3O6/c1-30-8-7-22(40)14-25(30)26(35)15-24-23-13-19-17-39(21-5-3-20(34)4-6-21)45-33(19,31(23,2)16-27(41)32(24,30)36)28(42)18-44-29(43)38-11-9-37-10-12-38/h3-8,14,19,23-24,26-27,37,41H,9-13,15-18H2,1-2H3/t19-,23-,24-,26-,27-,30-,31-,32-,33-/m0/s1. The van der Waals surface area contributed by atoms with Crippen LogP contribution in [0, 0.1) is 28.6 Å². The van der Waals surface area contributed by atoms with Crippen LogP contribution in [0.15, 0.2) is 48.1 Å². The minimum Gasteiger partial charge on any atom is -0.441 e. The van der Waals surface area contributed by atoms with Crippen molar-refractivity contribution in [1.29, 1.82) is 0 Å². The van der Waals surface area contributed by atoms with E-state index in [4.69, 9.17) is 21.2 Å². The first-order valence-corrected chi connectivity index (χ1v) is 16.1. The first-order valence-electron chi connectivity index (χ1n) is 15.7. The fraction of sp³-hybridized carbons (Fsp3) is 0.606. The number of fused-ring (bicyclic) bond motifs is 7. The number of carbonyl (C=O) groups excluding carboxylic acids is 3. The molecule has 9 atom stereocenters. The highest BCUT2D eigenvalue weighted by Gasteiger charge is 2.79. The van der Waals surface area contributed by atoms with Gasteiger partial charge in [0.15, 0.2) is 23.7 Å². The number of aliphatic hydroxyl groups is 1. The molecule has 2 aliphatic heterocycles. The number of aliphatic hydroxyl groups excluding tert-OH is 1. The van der Waals surface area contributed by atoms with Crippen LogP contribution in [0.3, 0.4) is 0 Å². The molecule has 0 spiro atoms. The Morgan fingerprint density at radius 1 is 1.16 bits per heavy atom. The highest BCUT2D eigenvalue weighted by Crippen LogP contribution is 2.72. The largest absolute Gasteiger partial charge is 0.441 e. The van der Waals surface area contributed by atoms with Crippen LogP contribution >= 0.6 is 11.6 Å². The summed E-state index contributed by atoms with van der Waals surface area (Å²) in [5.74, 6) is -2.85. The van der Waals surface area contributed by atoms with Gasteiger partial charge in [0.25, 0.3) is 0 Å². The zero-order valence-electron chi connectivity index (χ0n) is 25.3. The molecule has 242 valence electrons. The topological polar surface area (TPSA) is 108 Å². The quantitative estimate of drug-likeness (QED) is 0.506.